The van der Waals surface area contributed by atoms with E-state index >= 15 is 0 Å². The number of sulfone groups is 1. The molecule has 0 radical (unpaired) electrons. The summed E-state index contributed by atoms with van der Waals surface area (Å²) >= 11 is 0. The molecule has 2 aliphatic carbocycles. The lowest BCUT2D eigenvalue weighted by Crippen LogP contribution is -2.55. The summed E-state index contributed by atoms with van der Waals surface area (Å²) in [6, 6.07) is 5.95. The zero-order valence-corrected chi connectivity index (χ0v) is 21.1. The Morgan fingerprint density at radius 2 is 1.83 bits per heavy atom. The average molecular weight is 513 g/mol. The Labute approximate surface area is 205 Å². The average Bonchev–Trinajstić information content (AvgIpc) is 3.20. The number of nitrogens with zero attached hydrogens (tertiary/aromatic N) is 2. The highest BCUT2D eigenvalue weighted by Crippen LogP contribution is 2.58. The van der Waals surface area contributed by atoms with Gasteiger partial charge in [0.05, 0.1) is 17.1 Å². The van der Waals surface area contributed by atoms with Crippen molar-refractivity contribution >= 4 is 15.7 Å². The number of alkyl halides is 3. The Morgan fingerprint density at radius 3 is 2.40 bits per heavy atom. The van der Waals surface area contributed by atoms with Crippen molar-refractivity contribution in [1.29, 1.82) is 0 Å². The second-order valence-corrected chi connectivity index (χ2v) is 13.5. The molecule has 1 spiro atoms. The Morgan fingerprint density at radius 1 is 1.17 bits per heavy atom. The van der Waals surface area contributed by atoms with Crippen LogP contribution in [0.15, 0.2) is 29.4 Å². The number of hydrogen-bond donors (Lipinski definition) is 2. The minimum Gasteiger partial charge on any atom is -0.368 e. The first-order valence-corrected chi connectivity index (χ1v) is 14.5. The monoisotopic (exact) mass is 512 g/mol. The van der Waals surface area contributed by atoms with Crippen LogP contribution in [0.1, 0.15) is 50.7 Å². The summed E-state index contributed by atoms with van der Waals surface area (Å²) in [5.74, 6) is 3.01. The maximum absolute atomic E-state index is 13.2. The van der Waals surface area contributed by atoms with E-state index in [2.05, 4.69) is 20.7 Å². The van der Waals surface area contributed by atoms with Crippen molar-refractivity contribution in [2.45, 2.75) is 57.8 Å². The van der Waals surface area contributed by atoms with Crippen molar-refractivity contribution < 1.29 is 21.6 Å². The lowest BCUT2D eigenvalue weighted by atomic mass is 9.80. The molecule has 2 saturated carbocycles. The van der Waals surface area contributed by atoms with Crippen LogP contribution in [0.3, 0.4) is 0 Å². The molecule has 1 aromatic carbocycles. The largest absolute Gasteiger partial charge is 0.416 e. The molecule has 0 amide bonds. The van der Waals surface area contributed by atoms with Crippen LogP contribution < -0.4 is 10.7 Å². The predicted octanol–water partition coefficient (Wildman–Crippen LogP) is 3.49. The maximum atomic E-state index is 13.2. The number of benzene rings is 1. The van der Waals surface area contributed by atoms with Crippen LogP contribution in [-0.4, -0.2) is 62.4 Å². The van der Waals surface area contributed by atoms with E-state index in [9.17, 15) is 21.6 Å². The molecule has 1 aromatic rings. The van der Waals surface area contributed by atoms with Gasteiger partial charge in [-0.1, -0.05) is 12.1 Å². The topological polar surface area (TPSA) is 73.8 Å². The van der Waals surface area contributed by atoms with Gasteiger partial charge in [0.2, 0.25) is 0 Å². The van der Waals surface area contributed by atoms with E-state index in [0.29, 0.717) is 53.2 Å². The van der Waals surface area contributed by atoms with Gasteiger partial charge in [-0.15, -0.1) is 0 Å². The highest BCUT2D eigenvalue weighted by Gasteiger charge is 2.57. The number of rotatable bonds is 6. The van der Waals surface area contributed by atoms with Crippen molar-refractivity contribution in [2.24, 2.45) is 28.3 Å². The van der Waals surface area contributed by atoms with Gasteiger partial charge >= 0.3 is 6.18 Å². The van der Waals surface area contributed by atoms with Crippen LogP contribution in [0.4, 0.5) is 13.2 Å². The molecule has 35 heavy (non-hydrogen) atoms. The van der Waals surface area contributed by atoms with Crippen molar-refractivity contribution in [3.05, 3.63) is 35.4 Å². The molecule has 4 fully saturated rings. The molecule has 6 nitrogen and oxygen atoms in total. The van der Waals surface area contributed by atoms with E-state index in [1.165, 1.54) is 6.07 Å². The van der Waals surface area contributed by atoms with Gasteiger partial charge in [-0.2, -0.15) is 18.3 Å². The molecule has 0 bridgehead atoms. The molecule has 0 unspecified atom stereocenters. The Balaban J connectivity index is 1.14. The Kier molecular flexibility index (Phi) is 6.35. The zero-order chi connectivity index (χ0) is 25.0. The van der Waals surface area contributed by atoms with E-state index in [1.54, 1.807) is 6.07 Å². The van der Waals surface area contributed by atoms with Crippen LogP contribution in [0, 0.1) is 23.2 Å². The normalized spacial score (nSPS) is 31.8. The molecule has 10 heteroatoms. The number of nitrogens with one attached hydrogen (secondary N) is 2. The predicted molar refractivity (Wildman–Crippen MR) is 130 cm³/mol. The maximum Gasteiger partial charge on any atom is 0.416 e. The van der Waals surface area contributed by atoms with Crippen LogP contribution >= 0.6 is 0 Å². The van der Waals surface area contributed by atoms with Crippen LogP contribution in [0.2, 0.25) is 0 Å². The minimum absolute atomic E-state index is 0.0481. The summed E-state index contributed by atoms with van der Waals surface area (Å²) in [5.41, 5.74) is 2.77. The molecule has 4 aliphatic rings. The summed E-state index contributed by atoms with van der Waals surface area (Å²) in [7, 11) is -2.78. The summed E-state index contributed by atoms with van der Waals surface area (Å²) in [5, 5.41) is 7.71. The standard InChI is InChI=1S/C25H35F3N4O2S/c1-16(2)30-31-23(17-4-3-5-18(10-17)25(26,27)28)29-13-22-20-11-19(12-21(20)22)32-8-6-24(7-9-32)14-35(33,34)15-24/h3-5,10,16,19-22,30H,6-9,11-15H2,1-2H3,(H,29,31)/t19-,20-,21+,22+. The lowest BCUT2D eigenvalue weighted by molar-refractivity contribution is -0.137. The van der Waals surface area contributed by atoms with E-state index in [0.717, 1.165) is 50.9 Å². The molecule has 2 saturated heterocycles. The van der Waals surface area contributed by atoms with Gasteiger partial charge in [0, 0.05) is 29.6 Å². The zero-order valence-electron chi connectivity index (χ0n) is 20.3. The van der Waals surface area contributed by atoms with Crippen molar-refractivity contribution in [2.75, 3.05) is 31.1 Å². The molecule has 0 aromatic heterocycles. The number of likely N-dealkylation sites (tertiary alicyclic amines) is 1. The van der Waals surface area contributed by atoms with Crippen LogP contribution in [0.25, 0.3) is 0 Å². The molecular formula is C25H35F3N4O2S. The minimum atomic E-state index is -4.39. The van der Waals surface area contributed by atoms with Gasteiger partial charge in [0.1, 0.15) is 0 Å². The number of hydrazone groups is 1. The van der Waals surface area contributed by atoms with Gasteiger partial charge in [0.25, 0.3) is 0 Å². The molecular weight excluding hydrogens is 477 g/mol. The number of piperidine rings is 1. The first-order chi connectivity index (χ1) is 16.4. The molecule has 2 aliphatic heterocycles. The van der Waals surface area contributed by atoms with E-state index in [4.69, 9.17) is 0 Å². The highest BCUT2D eigenvalue weighted by molar-refractivity contribution is 7.92. The second kappa shape index (κ2) is 8.94. The van der Waals surface area contributed by atoms with E-state index in [-0.39, 0.29) is 11.5 Å². The summed E-state index contributed by atoms with van der Waals surface area (Å²) in [6.45, 7) is 6.57. The van der Waals surface area contributed by atoms with Gasteiger partial charge in [-0.25, -0.2) is 8.42 Å². The van der Waals surface area contributed by atoms with Crippen LogP contribution in [0.5, 0.6) is 0 Å². The van der Waals surface area contributed by atoms with Gasteiger partial charge in [-0.05, 0) is 82.5 Å². The lowest BCUT2D eigenvalue weighted by Gasteiger charge is -2.48. The third kappa shape index (κ3) is 5.33. The third-order valence-corrected chi connectivity index (χ3v) is 10.5. The quantitative estimate of drug-likeness (QED) is 0.347. The number of fused-ring (bicyclic) bond motifs is 1. The molecule has 2 N–H and O–H groups in total. The molecule has 5 rings (SSSR count). The SMILES string of the molecule is CC(C)N/N=C(\NC[C@@H]1[C@H]2C[C@H](N3CCC4(CC3)CS(=O)(=O)C4)C[C@@H]12)c1cccc(C(F)(F)F)c1. The summed E-state index contributed by atoms with van der Waals surface area (Å²) in [6.07, 6.45) is -0.104. The first kappa shape index (κ1) is 24.9. The second-order valence-electron chi connectivity index (χ2n) is 11.4. The first-order valence-electron chi connectivity index (χ1n) is 12.6. The fraction of sp³-hybridized carbons (Fsp3) is 0.720. The fourth-order valence-corrected chi connectivity index (χ4v) is 8.91. The molecule has 194 valence electrons. The van der Waals surface area contributed by atoms with Gasteiger partial charge in [-0.3, -0.25) is 0 Å². The Bertz CT molecular complexity index is 1050. The Hall–Kier alpha value is -1.81. The van der Waals surface area contributed by atoms with Crippen molar-refractivity contribution in [3.8, 4) is 0 Å². The van der Waals surface area contributed by atoms with Crippen molar-refractivity contribution in [1.82, 2.24) is 15.6 Å². The van der Waals surface area contributed by atoms with Crippen molar-refractivity contribution in [3.63, 3.8) is 0 Å². The summed E-state index contributed by atoms with van der Waals surface area (Å²) < 4.78 is 62.9. The van der Waals surface area contributed by atoms with Crippen LogP contribution in [-0.2, 0) is 16.0 Å². The smallest absolute Gasteiger partial charge is 0.368 e. The third-order valence-electron chi connectivity index (χ3n) is 8.43. The van der Waals surface area contributed by atoms with E-state index < -0.39 is 21.6 Å². The molecule has 4 atom stereocenters. The number of amidine groups is 1. The number of hydrogen-bond acceptors (Lipinski definition) is 5. The van der Waals surface area contributed by atoms with Gasteiger partial charge < -0.3 is 15.6 Å². The molecule has 2 heterocycles. The fourth-order valence-electron chi connectivity index (χ4n) is 6.55. The summed E-state index contributed by atoms with van der Waals surface area (Å²) in [4.78, 5) is 2.56. The van der Waals surface area contributed by atoms with Gasteiger partial charge in [0.15, 0.2) is 15.7 Å². The number of halogens is 3. The highest BCUT2D eigenvalue weighted by atomic mass is 32.2. The van der Waals surface area contributed by atoms with E-state index in [1.807, 2.05) is 13.8 Å².